The standard InChI is InChI=1S/C19H19N3O/c23-19(14-18-10-12-21-22-18)20-11-9-15-5-4-8-17(13-15)16-6-2-1-3-7-16/h1-8,10,12-13H,9,11,14H2,(H,20,23)(H,21,22). The number of amides is 1. The quantitative estimate of drug-likeness (QED) is 0.735. The van der Waals surface area contributed by atoms with Gasteiger partial charge in [0.25, 0.3) is 0 Å². The Morgan fingerprint density at radius 2 is 1.83 bits per heavy atom. The van der Waals surface area contributed by atoms with Crippen LogP contribution in [0, 0.1) is 0 Å². The first-order valence-corrected chi connectivity index (χ1v) is 7.70. The lowest BCUT2D eigenvalue weighted by Crippen LogP contribution is -2.27. The Hall–Kier alpha value is -2.88. The van der Waals surface area contributed by atoms with Gasteiger partial charge >= 0.3 is 0 Å². The molecule has 4 heteroatoms. The van der Waals surface area contributed by atoms with E-state index < -0.39 is 0 Å². The van der Waals surface area contributed by atoms with Crippen molar-refractivity contribution in [3.63, 3.8) is 0 Å². The van der Waals surface area contributed by atoms with E-state index in [-0.39, 0.29) is 5.91 Å². The van der Waals surface area contributed by atoms with Crippen molar-refractivity contribution in [2.24, 2.45) is 0 Å². The molecule has 2 aromatic carbocycles. The van der Waals surface area contributed by atoms with Crippen LogP contribution in [0.3, 0.4) is 0 Å². The molecule has 116 valence electrons. The van der Waals surface area contributed by atoms with Crippen molar-refractivity contribution in [3.8, 4) is 11.1 Å². The van der Waals surface area contributed by atoms with Crippen LogP contribution in [0.2, 0.25) is 0 Å². The second-order valence-corrected chi connectivity index (χ2v) is 5.43. The Bertz CT molecular complexity index is 751. The Balaban J connectivity index is 1.53. The van der Waals surface area contributed by atoms with Gasteiger partial charge in [-0.3, -0.25) is 9.89 Å². The van der Waals surface area contributed by atoms with E-state index in [1.54, 1.807) is 6.20 Å². The second-order valence-electron chi connectivity index (χ2n) is 5.43. The summed E-state index contributed by atoms with van der Waals surface area (Å²) in [5.74, 6) is 0.00784. The predicted molar refractivity (Wildman–Crippen MR) is 90.9 cm³/mol. The number of H-pyrrole nitrogens is 1. The zero-order valence-electron chi connectivity index (χ0n) is 12.8. The third-order valence-electron chi connectivity index (χ3n) is 3.68. The van der Waals surface area contributed by atoms with Crippen LogP contribution in [0.5, 0.6) is 0 Å². The molecule has 4 nitrogen and oxygen atoms in total. The molecule has 1 amide bonds. The molecule has 0 fully saturated rings. The van der Waals surface area contributed by atoms with Crippen LogP contribution in [-0.4, -0.2) is 22.6 Å². The Kier molecular flexibility index (Phi) is 4.84. The maximum Gasteiger partial charge on any atom is 0.226 e. The lowest BCUT2D eigenvalue weighted by atomic mass is 10.0. The molecule has 0 aliphatic heterocycles. The largest absolute Gasteiger partial charge is 0.355 e. The number of nitrogens with one attached hydrogen (secondary N) is 2. The molecule has 0 spiro atoms. The first kappa shape index (κ1) is 15.0. The van der Waals surface area contributed by atoms with Crippen molar-refractivity contribution in [3.05, 3.63) is 78.1 Å². The van der Waals surface area contributed by atoms with Gasteiger partial charge in [-0.1, -0.05) is 54.6 Å². The van der Waals surface area contributed by atoms with E-state index >= 15 is 0 Å². The summed E-state index contributed by atoms with van der Waals surface area (Å²) in [4.78, 5) is 11.8. The van der Waals surface area contributed by atoms with E-state index in [1.807, 2.05) is 24.3 Å². The van der Waals surface area contributed by atoms with Crippen LogP contribution in [0.1, 0.15) is 11.3 Å². The van der Waals surface area contributed by atoms with Crippen molar-refractivity contribution in [1.82, 2.24) is 15.5 Å². The molecule has 0 bridgehead atoms. The molecule has 0 unspecified atom stereocenters. The van der Waals surface area contributed by atoms with Crippen molar-refractivity contribution >= 4 is 5.91 Å². The van der Waals surface area contributed by atoms with Crippen LogP contribution < -0.4 is 5.32 Å². The van der Waals surface area contributed by atoms with Crippen molar-refractivity contribution in [2.45, 2.75) is 12.8 Å². The highest BCUT2D eigenvalue weighted by Crippen LogP contribution is 2.20. The number of hydrogen-bond acceptors (Lipinski definition) is 2. The Morgan fingerprint density at radius 1 is 1.00 bits per heavy atom. The minimum absolute atomic E-state index is 0.00784. The molecular formula is C19H19N3O. The van der Waals surface area contributed by atoms with Gasteiger partial charge in [0.15, 0.2) is 0 Å². The number of aromatic nitrogens is 2. The fraction of sp³-hybridized carbons (Fsp3) is 0.158. The SMILES string of the molecule is O=C(Cc1ccn[nH]1)NCCc1cccc(-c2ccccc2)c1. The molecule has 3 rings (SSSR count). The average Bonchev–Trinajstić information content (AvgIpc) is 3.09. The number of rotatable bonds is 6. The van der Waals surface area contributed by atoms with Crippen LogP contribution in [0.25, 0.3) is 11.1 Å². The van der Waals surface area contributed by atoms with E-state index in [9.17, 15) is 4.79 Å². The summed E-state index contributed by atoms with van der Waals surface area (Å²) in [6.45, 7) is 0.630. The molecule has 0 saturated heterocycles. The maximum atomic E-state index is 11.8. The molecule has 3 aromatic rings. The predicted octanol–water partition coefficient (Wildman–Crippen LogP) is 2.98. The number of carbonyl (C=O) groups is 1. The van der Waals surface area contributed by atoms with Gasteiger partial charge in [-0.2, -0.15) is 5.10 Å². The molecule has 0 saturated carbocycles. The molecule has 0 aliphatic rings. The highest BCUT2D eigenvalue weighted by atomic mass is 16.1. The highest BCUT2D eigenvalue weighted by molar-refractivity contribution is 5.78. The fourth-order valence-electron chi connectivity index (χ4n) is 2.50. The lowest BCUT2D eigenvalue weighted by molar-refractivity contribution is -0.120. The van der Waals surface area contributed by atoms with E-state index in [0.29, 0.717) is 13.0 Å². The average molecular weight is 305 g/mol. The second kappa shape index (κ2) is 7.40. The van der Waals surface area contributed by atoms with Crippen molar-refractivity contribution in [2.75, 3.05) is 6.54 Å². The summed E-state index contributed by atoms with van der Waals surface area (Å²) in [5.41, 5.74) is 4.45. The molecule has 2 N–H and O–H groups in total. The van der Waals surface area contributed by atoms with E-state index in [0.717, 1.165) is 12.1 Å². The molecule has 23 heavy (non-hydrogen) atoms. The minimum Gasteiger partial charge on any atom is -0.355 e. The van der Waals surface area contributed by atoms with Gasteiger partial charge in [-0.05, 0) is 29.2 Å². The summed E-state index contributed by atoms with van der Waals surface area (Å²) in [6, 6.07) is 20.5. The summed E-state index contributed by atoms with van der Waals surface area (Å²) in [6.07, 6.45) is 2.80. The van der Waals surface area contributed by atoms with Crippen LogP contribution in [0.4, 0.5) is 0 Å². The zero-order chi connectivity index (χ0) is 15.9. The molecular weight excluding hydrogens is 286 g/mol. The van der Waals surface area contributed by atoms with Gasteiger partial charge in [0.05, 0.1) is 6.42 Å². The summed E-state index contributed by atoms with van der Waals surface area (Å²) >= 11 is 0. The summed E-state index contributed by atoms with van der Waals surface area (Å²) < 4.78 is 0. The van der Waals surface area contributed by atoms with Gasteiger partial charge in [0, 0.05) is 18.4 Å². The number of nitrogens with zero attached hydrogens (tertiary/aromatic N) is 1. The van der Waals surface area contributed by atoms with Crippen molar-refractivity contribution in [1.29, 1.82) is 0 Å². The summed E-state index contributed by atoms with van der Waals surface area (Å²) in [7, 11) is 0. The minimum atomic E-state index is 0.00784. The van der Waals surface area contributed by atoms with Crippen LogP contribution in [-0.2, 0) is 17.6 Å². The maximum absolute atomic E-state index is 11.8. The number of carbonyl (C=O) groups excluding carboxylic acids is 1. The lowest BCUT2D eigenvalue weighted by Gasteiger charge is -2.07. The first-order valence-electron chi connectivity index (χ1n) is 7.70. The van der Waals surface area contributed by atoms with E-state index in [4.69, 9.17) is 0 Å². The van der Waals surface area contributed by atoms with E-state index in [1.165, 1.54) is 16.7 Å². The molecule has 1 aromatic heterocycles. The highest BCUT2D eigenvalue weighted by Gasteiger charge is 2.04. The van der Waals surface area contributed by atoms with Crippen LogP contribution >= 0.6 is 0 Å². The van der Waals surface area contributed by atoms with Gasteiger partial charge < -0.3 is 5.32 Å². The normalized spacial score (nSPS) is 10.4. The van der Waals surface area contributed by atoms with Crippen LogP contribution in [0.15, 0.2) is 66.9 Å². The van der Waals surface area contributed by atoms with Gasteiger partial charge in [0.1, 0.15) is 0 Å². The fourth-order valence-corrected chi connectivity index (χ4v) is 2.50. The molecule has 0 radical (unpaired) electrons. The summed E-state index contributed by atoms with van der Waals surface area (Å²) in [5, 5.41) is 9.57. The molecule has 0 aliphatic carbocycles. The first-order chi connectivity index (χ1) is 11.3. The smallest absolute Gasteiger partial charge is 0.226 e. The van der Waals surface area contributed by atoms with Gasteiger partial charge in [-0.15, -0.1) is 0 Å². The van der Waals surface area contributed by atoms with Gasteiger partial charge in [-0.25, -0.2) is 0 Å². The Morgan fingerprint density at radius 3 is 2.61 bits per heavy atom. The monoisotopic (exact) mass is 305 g/mol. The Labute approximate surface area is 135 Å². The van der Waals surface area contributed by atoms with Gasteiger partial charge in [0.2, 0.25) is 5.91 Å². The topological polar surface area (TPSA) is 57.8 Å². The number of benzene rings is 2. The number of hydrogen-bond donors (Lipinski definition) is 2. The number of aromatic amines is 1. The molecule has 0 atom stereocenters. The zero-order valence-corrected chi connectivity index (χ0v) is 12.8. The van der Waals surface area contributed by atoms with E-state index in [2.05, 4.69) is 51.9 Å². The van der Waals surface area contributed by atoms with Crippen molar-refractivity contribution < 1.29 is 4.79 Å². The third kappa shape index (κ3) is 4.30. The third-order valence-corrected chi connectivity index (χ3v) is 3.68. The molecule has 1 heterocycles.